The van der Waals surface area contributed by atoms with E-state index in [1.807, 2.05) is 7.11 Å². The van der Waals surface area contributed by atoms with Gasteiger partial charge in [0.15, 0.2) is 0 Å². The van der Waals surface area contributed by atoms with Crippen LogP contribution in [0.2, 0.25) is 0 Å². The van der Waals surface area contributed by atoms with Crippen molar-refractivity contribution in [3.63, 3.8) is 0 Å². The second kappa shape index (κ2) is 4.97. The van der Waals surface area contributed by atoms with Crippen LogP contribution in [-0.4, -0.2) is 19.3 Å². The second-order valence-corrected chi connectivity index (χ2v) is 4.59. The van der Waals surface area contributed by atoms with Gasteiger partial charge in [-0.2, -0.15) is 0 Å². The molecular weight excluding hydrogens is 162 g/mol. The van der Waals surface area contributed by atoms with Crippen molar-refractivity contribution in [1.82, 2.24) is 0 Å². The zero-order valence-electron chi connectivity index (χ0n) is 9.12. The van der Waals surface area contributed by atoms with Crippen LogP contribution in [0.3, 0.4) is 0 Å². The Balaban J connectivity index is 2.32. The predicted molar refractivity (Wildman–Crippen MR) is 55.6 cm³/mol. The van der Waals surface area contributed by atoms with E-state index in [1.165, 1.54) is 25.7 Å². The molecule has 0 aliphatic heterocycles. The summed E-state index contributed by atoms with van der Waals surface area (Å²) < 4.78 is 5.34. The Labute approximate surface area is 81.8 Å². The Morgan fingerprint density at radius 3 is 2.08 bits per heavy atom. The standard InChI is InChI=1S/C11H23NO/c1-8(2)11(12)9-4-6-10(13-3)7-5-9/h8-11H,4-7,12H2,1-3H3. The van der Waals surface area contributed by atoms with Gasteiger partial charge in [-0.15, -0.1) is 0 Å². The van der Waals surface area contributed by atoms with Gasteiger partial charge in [-0.05, 0) is 37.5 Å². The number of nitrogens with two attached hydrogens (primary N) is 1. The maximum Gasteiger partial charge on any atom is 0.0571 e. The normalized spacial score (nSPS) is 32.1. The molecule has 0 aromatic carbocycles. The van der Waals surface area contributed by atoms with E-state index in [-0.39, 0.29) is 0 Å². The third kappa shape index (κ3) is 2.96. The highest BCUT2D eigenvalue weighted by molar-refractivity contribution is 4.81. The van der Waals surface area contributed by atoms with Crippen LogP contribution in [0.5, 0.6) is 0 Å². The molecule has 0 aromatic rings. The topological polar surface area (TPSA) is 35.2 Å². The zero-order chi connectivity index (χ0) is 9.84. The number of hydrogen-bond acceptors (Lipinski definition) is 2. The third-order valence-electron chi connectivity index (χ3n) is 3.37. The van der Waals surface area contributed by atoms with E-state index in [2.05, 4.69) is 13.8 Å². The Morgan fingerprint density at radius 2 is 1.69 bits per heavy atom. The first-order chi connectivity index (χ1) is 6.15. The minimum absolute atomic E-state index is 0.387. The van der Waals surface area contributed by atoms with Gasteiger partial charge in [0.05, 0.1) is 6.10 Å². The molecule has 1 aliphatic carbocycles. The molecule has 1 fully saturated rings. The number of rotatable bonds is 3. The van der Waals surface area contributed by atoms with Gasteiger partial charge in [-0.1, -0.05) is 13.8 Å². The number of ether oxygens (including phenoxy) is 1. The van der Waals surface area contributed by atoms with Crippen LogP contribution >= 0.6 is 0 Å². The molecule has 0 bridgehead atoms. The molecule has 1 aliphatic rings. The fourth-order valence-corrected chi connectivity index (χ4v) is 2.25. The molecular formula is C11H23NO. The molecule has 78 valence electrons. The summed E-state index contributed by atoms with van der Waals surface area (Å²) in [7, 11) is 1.81. The quantitative estimate of drug-likeness (QED) is 0.731. The lowest BCUT2D eigenvalue weighted by Crippen LogP contribution is -2.38. The molecule has 13 heavy (non-hydrogen) atoms. The van der Waals surface area contributed by atoms with Crippen LogP contribution in [-0.2, 0) is 4.74 Å². The molecule has 1 rings (SSSR count). The van der Waals surface area contributed by atoms with Gasteiger partial charge in [0.2, 0.25) is 0 Å². The van der Waals surface area contributed by atoms with Gasteiger partial charge in [0.1, 0.15) is 0 Å². The predicted octanol–water partition coefficient (Wildman–Crippen LogP) is 2.17. The Bertz CT molecular complexity index is 139. The van der Waals surface area contributed by atoms with Crippen LogP contribution in [0, 0.1) is 11.8 Å². The van der Waals surface area contributed by atoms with Crippen LogP contribution < -0.4 is 5.73 Å². The average molecular weight is 185 g/mol. The van der Waals surface area contributed by atoms with Gasteiger partial charge in [0.25, 0.3) is 0 Å². The lowest BCUT2D eigenvalue weighted by molar-refractivity contribution is 0.0500. The first kappa shape index (κ1) is 11.0. The highest BCUT2D eigenvalue weighted by atomic mass is 16.5. The van der Waals surface area contributed by atoms with Crippen molar-refractivity contribution < 1.29 is 4.74 Å². The minimum atomic E-state index is 0.387. The summed E-state index contributed by atoms with van der Waals surface area (Å²) in [6, 6.07) is 0.387. The molecule has 2 heteroatoms. The largest absolute Gasteiger partial charge is 0.381 e. The first-order valence-corrected chi connectivity index (χ1v) is 5.43. The summed E-state index contributed by atoms with van der Waals surface area (Å²) in [5.41, 5.74) is 6.14. The van der Waals surface area contributed by atoms with E-state index in [0.29, 0.717) is 18.1 Å². The van der Waals surface area contributed by atoms with Crippen molar-refractivity contribution in [2.45, 2.75) is 51.7 Å². The molecule has 1 unspecified atom stereocenters. The lowest BCUT2D eigenvalue weighted by Gasteiger charge is -2.33. The molecule has 0 radical (unpaired) electrons. The Morgan fingerprint density at radius 1 is 1.15 bits per heavy atom. The monoisotopic (exact) mass is 185 g/mol. The van der Waals surface area contributed by atoms with Crippen molar-refractivity contribution in [1.29, 1.82) is 0 Å². The summed E-state index contributed by atoms with van der Waals surface area (Å²) >= 11 is 0. The molecule has 0 amide bonds. The van der Waals surface area contributed by atoms with Gasteiger partial charge < -0.3 is 10.5 Å². The van der Waals surface area contributed by atoms with Crippen LogP contribution in [0.4, 0.5) is 0 Å². The molecule has 0 aromatic heterocycles. The van der Waals surface area contributed by atoms with Gasteiger partial charge >= 0.3 is 0 Å². The summed E-state index contributed by atoms with van der Waals surface area (Å²) in [6.07, 6.45) is 5.38. The van der Waals surface area contributed by atoms with Crippen LogP contribution in [0.1, 0.15) is 39.5 Å². The molecule has 0 heterocycles. The van der Waals surface area contributed by atoms with Crippen LogP contribution in [0.15, 0.2) is 0 Å². The van der Waals surface area contributed by atoms with E-state index < -0.39 is 0 Å². The molecule has 1 saturated carbocycles. The lowest BCUT2D eigenvalue weighted by atomic mass is 9.79. The summed E-state index contributed by atoms with van der Waals surface area (Å²) in [5.74, 6) is 1.34. The van der Waals surface area contributed by atoms with E-state index >= 15 is 0 Å². The summed E-state index contributed by atoms with van der Waals surface area (Å²) in [4.78, 5) is 0. The number of hydrogen-bond donors (Lipinski definition) is 1. The maximum absolute atomic E-state index is 6.14. The van der Waals surface area contributed by atoms with Crippen LogP contribution in [0.25, 0.3) is 0 Å². The van der Waals surface area contributed by atoms with E-state index in [0.717, 1.165) is 5.92 Å². The average Bonchev–Trinajstić information content (AvgIpc) is 2.17. The Hall–Kier alpha value is -0.0800. The SMILES string of the molecule is COC1CCC(C(N)C(C)C)CC1. The highest BCUT2D eigenvalue weighted by Gasteiger charge is 2.26. The van der Waals surface area contributed by atoms with Crippen molar-refractivity contribution in [2.24, 2.45) is 17.6 Å². The molecule has 0 saturated heterocycles. The minimum Gasteiger partial charge on any atom is -0.381 e. The van der Waals surface area contributed by atoms with E-state index in [1.54, 1.807) is 0 Å². The smallest absolute Gasteiger partial charge is 0.0571 e. The molecule has 1 atom stereocenters. The second-order valence-electron chi connectivity index (χ2n) is 4.59. The number of methoxy groups -OCH3 is 1. The fourth-order valence-electron chi connectivity index (χ4n) is 2.25. The first-order valence-electron chi connectivity index (χ1n) is 5.43. The fraction of sp³-hybridized carbons (Fsp3) is 1.00. The molecule has 2 nitrogen and oxygen atoms in total. The van der Waals surface area contributed by atoms with E-state index in [4.69, 9.17) is 10.5 Å². The van der Waals surface area contributed by atoms with Gasteiger partial charge in [0, 0.05) is 13.2 Å². The molecule has 0 spiro atoms. The maximum atomic E-state index is 6.14. The Kier molecular flexibility index (Phi) is 4.20. The highest BCUT2D eigenvalue weighted by Crippen LogP contribution is 2.29. The zero-order valence-corrected chi connectivity index (χ0v) is 9.12. The van der Waals surface area contributed by atoms with Crippen molar-refractivity contribution in [2.75, 3.05) is 7.11 Å². The van der Waals surface area contributed by atoms with Gasteiger partial charge in [-0.25, -0.2) is 0 Å². The van der Waals surface area contributed by atoms with Crippen molar-refractivity contribution in [3.05, 3.63) is 0 Å². The van der Waals surface area contributed by atoms with Gasteiger partial charge in [-0.3, -0.25) is 0 Å². The third-order valence-corrected chi connectivity index (χ3v) is 3.37. The van der Waals surface area contributed by atoms with E-state index in [9.17, 15) is 0 Å². The summed E-state index contributed by atoms with van der Waals surface area (Å²) in [5, 5.41) is 0. The van der Waals surface area contributed by atoms with Crippen molar-refractivity contribution in [3.8, 4) is 0 Å². The molecule has 2 N–H and O–H groups in total. The van der Waals surface area contributed by atoms with Crippen molar-refractivity contribution >= 4 is 0 Å². The summed E-state index contributed by atoms with van der Waals surface area (Å²) in [6.45, 7) is 4.43.